The number of amides is 1. The molecule has 0 unspecified atom stereocenters. The van der Waals surface area contributed by atoms with Crippen LogP contribution in [0.15, 0.2) is 52.7 Å². The molecular formula is C20H22N4O3S. The number of H-pyrrole nitrogens is 1. The number of hydrogen-bond donors (Lipinski definition) is 2. The Morgan fingerprint density at radius 2 is 2.04 bits per heavy atom. The number of carbonyl (C=O) groups excluding carboxylic acids is 1. The summed E-state index contributed by atoms with van der Waals surface area (Å²) < 4.78 is 11.1. The molecule has 3 rings (SSSR count). The number of rotatable bonds is 9. The van der Waals surface area contributed by atoms with Crippen LogP contribution in [0.3, 0.4) is 0 Å². The van der Waals surface area contributed by atoms with E-state index in [1.54, 1.807) is 6.21 Å². The van der Waals surface area contributed by atoms with Crippen molar-refractivity contribution in [1.82, 2.24) is 15.4 Å². The summed E-state index contributed by atoms with van der Waals surface area (Å²) in [6.07, 6.45) is 1.56. The van der Waals surface area contributed by atoms with Crippen LogP contribution in [0.5, 0.6) is 11.5 Å². The summed E-state index contributed by atoms with van der Waals surface area (Å²) in [6, 6.07) is 13.2. The van der Waals surface area contributed by atoms with E-state index in [0.717, 1.165) is 22.3 Å². The molecule has 2 aromatic carbocycles. The number of hydrogen-bond acceptors (Lipinski definition) is 6. The predicted octanol–water partition coefficient (Wildman–Crippen LogP) is 3.60. The molecule has 3 aromatic rings. The van der Waals surface area contributed by atoms with Gasteiger partial charge >= 0.3 is 0 Å². The average Bonchev–Trinajstić information content (AvgIpc) is 3.11. The lowest BCUT2D eigenvalue weighted by atomic mass is 10.2. The van der Waals surface area contributed by atoms with Crippen LogP contribution in [0.4, 0.5) is 0 Å². The lowest BCUT2D eigenvalue weighted by Gasteiger charge is -2.09. The Hall–Kier alpha value is -3.00. The first-order valence-electron chi connectivity index (χ1n) is 8.98. The van der Waals surface area contributed by atoms with Crippen molar-refractivity contribution >= 4 is 34.9 Å². The maximum Gasteiger partial charge on any atom is 0.250 e. The van der Waals surface area contributed by atoms with Crippen molar-refractivity contribution in [2.45, 2.75) is 19.0 Å². The molecule has 1 amide bonds. The number of aromatic nitrogens is 2. The number of thioether (sulfide) groups is 1. The Kier molecular flexibility index (Phi) is 6.91. The quantitative estimate of drug-likeness (QED) is 0.327. The van der Waals surface area contributed by atoms with Gasteiger partial charge in [-0.3, -0.25) is 4.79 Å². The molecular weight excluding hydrogens is 376 g/mol. The van der Waals surface area contributed by atoms with Crippen LogP contribution in [0.1, 0.15) is 19.4 Å². The van der Waals surface area contributed by atoms with Gasteiger partial charge in [0.1, 0.15) is 11.5 Å². The number of nitrogens with zero attached hydrogens (tertiary/aromatic N) is 2. The molecule has 7 nitrogen and oxygen atoms in total. The van der Waals surface area contributed by atoms with Crippen molar-refractivity contribution < 1.29 is 14.3 Å². The van der Waals surface area contributed by atoms with Gasteiger partial charge < -0.3 is 14.5 Å². The van der Waals surface area contributed by atoms with Gasteiger partial charge in [-0.2, -0.15) is 5.10 Å². The van der Waals surface area contributed by atoms with E-state index < -0.39 is 0 Å². The summed E-state index contributed by atoms with van der Waals surface area (Å²) in [7, 11) is 0. The molecule has 0 atom stereocenters. The van der Waals surface area contributed by atoms with E-state index in [1.807, 2.05) is 56.3 Å². The van der Waals surface area contributed by atoms with Crippen molar-refractivity contribution in [3.8, 4) is 11.5 Å². The molecule has 2 N–H and O–H groups in total. The van der Waals surface area contributed by atoms with Crippen LogP contribution in [0.2, 0.25) is 0 Å². The van der Waals surface area contributed by atoms with Crippen molar-refractivity contribution in [2.24, 2.45) is 5.10 Å². The first-order chi connectivity index (χ1) is 13.7. The third-order valence-corrected chi connectivity index (χ3v) is 4.57. The van der Waals surface area contributed by atoms with E-state index in [4.69, 9.17) is 9.47 Å². The third kappa shape index (κ3) is 5.26. The van der Waals surface area contributed by atoms with Gasteiger partial charge in [-0.05, 0) is 38.1 Å². The number of benzene rings is 2. The van der Waals surface area contributed by atoms with Gasteiger partial charge in [0.25, 0.3) is 5.91 Å². The van der Waals surface area contributed by atoms with Gasteiger partial charge in [0.15, 0.2) is 5.16 Å². The van der Waals surface area contributed by atoms with Crippen molar-refractivity contribution in [3.05, 3.63) is 48.0 Å². The molecule has 28 heavy (non-hydrogen) atoms. The van der Waals surface area contributed by atoms with E-state index in [9.17, 15) is 4.79 Å². The van der Waals surface area contributed by atoms with Gasteiger partial charge in [0.05, 0.1) is 36.2 Å². The van der Waals surface area contributed by atoms with Gasteiger partial charge in [-0.1, -0.05) is 23.9 Å². The smallest absolute Gasteiger partial charge is 0.250 e. The topological polar surface area (TPSA) is 88.6 Å². The second-order valence-corrected chi connectivity index (χ2v) is 6.67. The highest BCUT2D eigenvalue weighted by Gasteiger charge is 2.07. The maximum atomic E-state index is 12.0. The number of para-hydroxylation sites is 2. The molecule has 1 aromatic heterocycles. The van der Waals surface area contributed by atoms with E-state index >= 15 is 0 Å². The zero-order chi connectivity index (χ0) is 19.8. The second-order valence-electron chi connectivity index (χ2n) is 5.71. The van der Waals surface area contributed by atoms with Crippen molar-refractivity contribution in [1.29, 1.82) is 0 Å². The highest BCUT2D eigenvalue weighted by Crippen LogP contribution is 2.24. The summed E-state index contributed by atoms with van der Waals surface area (Å²) in [5.41, 5.74) is 5.11. The number of nitrogens with one attached hydrogen (secondary N) is 2. The standard InChI is InChI=1S/C20H22N4O3S/c1-3-26-15-10-9-14(18(11-15)27-4-2)12-21-24-19(25)13-28-20-22-16-7-5-6-8-17(16)23-20/h5-12H,3-4,13H2,1-2H3,(H,22,23)(H,24,25)/b21-12-. The lowest BCUT2D eigenvalue weighted by molar-refractivity contribution is -0.118. The van der Waals surface area contributed by atoms with Gasteiger partial charge in [-0.15, -0.1) is 0 Å². The molecule has 0 aliphatic rings. The number of fused-ring (bicyclic) bond motifs is 1. The maximum absolute atomic E-state index is 12.0. The van der Waals surface area contributed by atoms with Crippen LogP contribution in [0, 0.1) is 0 Å². The largest absolute Gasteiger partial charge is 0.494 e. The third-order valence-electron chi connectivity index (χ3n) is 3.70. The Labute approximate surface area is 167 Å². The van der Waals surface area contributed by atoms with Gasteiger partial charge in [0, 0.05) is 11.6 Å². The molecule has 0 aliphatic carbocycles. The van der Waals surface area contributed by atoms with E-state index in [-0.39, 0.29) is 11.7 Å². The molecule has 0 fully saturated rings. The molecule has 1 heterocycles. The molecule has 8 heteroatoms. The minimum atomic E-state index is -0.217. The van der Waals surface area contributed by atoms with Crippen LogP contribution in [-0.2, 0) is 4.79 Å². The zero-order valence-corrected chi connectivity index (χ0v) is 16.6. The number of hydrazone groups is 1. The lowest BCUT2D eigenvalue weighted by Crippen LogP contribution is -2.19. The minimum absolute atomic E-state index is 0.207. The molecule has 0 spiro atoms. The summed E-state index contributed by atoms with van der Waals surface area (Å²) in [5, 5.41) is 4.73. The SMILES string of the molecule is CCOc1ccc(/C=N\NC(=O)CSc2nc3ccccc3[nH]2)c(OCC)c1. The Morgan fingerprint density at radius 1 is 1.21 bits per heavy atom. The van der Waals surface area contributed by atoms with Gasteiger partial charge in [0.2, 0.25) is 0 Å². The summed E-state index contributed by atoms with van der Waals surface area (Å²) in [5.74, 6) is 1.38. The zero-order valence-electron chi connectivity index (χ0n) is 15.8. The van der Waals surface area contributed by atoms with E-state index in [2.05, 4.69) is 20.5 Å². The normalized spacial score (nSPS) is 11.1. The van der Waals surface area contributed by atoms with Crippen molar-refractivity contribution in [2.75, 3.05) is 19.0 Å². The molecule has 0 saturated heterocycles. The first kappa shape index (κ1) is 19.8. The van der Waals surface area contributed by atoms with E-state index in [1.165, 1.54) is 11.8 Å². The van der Waals surface area contributed by atoms with Crippen LogP contribution < -0.4 is 14.9 Å². The fraction of sp³-hybridized carbons (Fsp3) is 0.250. The summed E-state index contributed by atoms with van der Waals surface area (Å²) >= 11 is 1.33. The molecule has 0 bridgehead atoms. The fourth-order valence-electron chi connectivity index (χ4n) is 2.50. The number of imidazole rings is 1. The van der Waals surface area contributed by atoms with Crippen LogP contribution >= 0.6 is 11.8 Å². The number of carbonyl (C=O) groups is 1. The van der Waals surface area contributed by atoms with E-state index in [0.29, 0.717) is 24.1 Å². The second kappa shape index (κ2) is 9.80. The minimum Gasteiger partial charge on any atom is -0.494 e. The summed E-state index contributed by atoms with van der Waals surface area (Å²) in [6.45, 7) is 4.94. The van der Waals surface area contributed by atoms with Crippen molar-refractivity contribution in [3.63, 3.8) is 0 Å². The first-order valence-corrected chi connectivity index (χ1v) is 9.97. The monoisotopic (exact) mass is 398 g/mol. The fourth-order valence-corrected chi connectivity index (χ4v) is 3.17. The Bertz CT molecular complexity index is 938. The Morgan fingerprint density at radius 3 is 2.82 bits per heavy atom. The molecule has 0 aliphatic heterocycles. The highest BCUT2D eigenvalue weighted by atomic mass is 32.2. The summed E-state index contributed by atoms with van der Waals surface area (Å²) in [4.78, 5) is 19.6. The number of ether oxygens (including phenoxy) is 2. The van der Waals surface area contributed by atoms with Crippen LogP contribution in [-0.4, -0.2) is 41.1 Å². The number of aromatic amines is 1. The molecule has 0 radical (unpaired) electrons. The Balaban J connectivity index is 1.55. The van der Waals surface area contributed by atoms with Gasteiger partial charge in [-0.25, -0.2) is 10.4 Å². The molecule has 0 saturated carbocycles. The average molecular weight is 398 g/mol. The predicted molar refractivity (Wildman–Crippen MR) is 111 cm³/mol. The molecule has 146 valence electrons. The highest BCUT2D eigenvalue weighted by molar-refractivity contribution is 7.99. The van der Waals surface area contributed by atoms with Crippen LogP contribution in [0.25, 0.3) is 11.0 Å².